The van der Waals surface area contributed by atoms with Crippen LogP contribution in [0.5, 0.6) is 0 Å². The fourth-order valence-electron chi connectivity index (χ4n) is 3.16. The van der Waals surface area contributed by atoms with Gasteiger partial charge in [0, 0.05) is 29.2 Å². The maximum absolute atomic E-state index is 14.2. The van der Waals surface area contributed by atoms with Crippen molar-refractivity contribution in [1.29, 1.82) is 0 Å². The van der Waals surface area contributed by atoms with E-state index in [4.69, 9.17) is 0 Å². The van der Waals surface area contributed by atoms with E-state index in [0.29, 0.717) is 12.4 Å². The topological polar surface area (TPSA) is 41.3 Å². The van der Waals surface area contributed by atoms with E-state index < -0.39 is 11.6 Å². The minimum Gasteiger partial charge on any atom is -0.392 e. The Morgan fingerprint density at radius 1 is 1.15 bits per heavy atom. The lowest BCUT2D eigenvalue weighted by atomic mass is 10.1. The first-order valence-electron chi connectivity index (χ1n) is 8.24. The van der Waals surface area contributed by atoms with Gasteiger partial charge in [0.15, 0.2) is 0 Å². The zero-order valence-electron chi connectivity index (χ0n) is 14.2. The van der Waals surface area contributed by atoms with Crippen LogP contribution in [0, 0.1) is 18.6 Å². The molecule has 4 rings (SSSR count). The van der Waals surface area contributed by atoms with Crippen molar-refractivity contribution in [2.45, 2.75) is 20.2 Å². The van der Waals surface area contributed by atoms with E-state index in [2.05, 4.69) is 4.98 Å². The zero-order valence-corrected chi connectivity index (χ0v) is 14.2. The molecule has 4 nitrogen and oxygen atoms in total. The predicted octanol–water partition coefficient (Wildman–Crippen LogP) is 4.08. The smallest absolute Gasteiger partial charge is 0.136 e. The molecular weight excluding hydrogens is 336 g/mol. The van der Waals surface area contributed by atoms with Gasteiger partial charge in [-0.15, -0.1) is 0 Å². The second-order valence-corrected chi connectivity index (χ2v) is 6.21. The Bertz CT molecular complexity index is 1010. The van der Waals surface area contributed by atoms with Crippen molar-refractivity contribution in [3.05, 3.63) is 77.4 Å². The van der Waals surface area contributed by atoms with E-state index in [-0.39, 0.29) is 12.2 Å². The van der Waals surface area contributed by atoms with Crippen LogP contribution in [0.3, 0.4) is 0 Å². The molecule has 26 heavy (non-hydrogen) atoms. The quantitative estimate of drug-likeness (QED) is 0.771. The standard InChI is InChI=1S/C20H17F2N3O/c1-13-20(17-6-5-15(21)10-18(17)22)23-19-7-8-24(12-25(13)19)16-4-2-3-14(9-16)11-26/h2-10,26H,11-12H2,1H3. The Morgan fingerprint density at radius 3 is 2.77 bits per heavy atom. The number of hydrogen-bond donors (Lipinski definition) is 1. The minimum atomic E-state index is -0.625. The zero-order chi connectivity index (χ0) is 18.3. The van der Waals surface area contributed by atoms with E-state index in [1.54, 1.807) is 0 Å². The number of fused-ring (bicyclic) bond motifs is 1. The monoisotopic (exact) mass is 353 g/mol. The van der Waals surface area contributed by atoms with Crippen molar-refractivity contribution < 1.29 is 13.9 Å². The summed E-state index contributed by atoms with van der Waals surface area (Å²) in [4.78, 5) is 6.54. The molecule has 0 saturated carbocycles. The van der Waals surface area contributed by atoms with E-state index in [0.717, 1.165) is 28.8 Å². The summed E-state index contributed by atoms with van der Waals surface area (Å²) in [5.41, 5.74) is 3.37. The SMILES string of the molecule is Cc1c(-c2ccc(F)cc2F)nc2n1CN(c1cccc(CO)c1)C=C2. The largest absolute Gasteiger partial charge is 0.392 e. The molecule has 1 aromatic heterocycles. The number of halogens is 2. The van der Waals surface area contributed by atoms with Gasteiger partial charge in [0.2, 0.25) is 0 Å². The average molecular weight is 353 g/mol. The summed E-state index contributed by atoms with van der Waals surface area (Å²) in [7, 11) is 0. The number of benzene rings is 2. The highest BCUT2D eigenvalue weighted by Gasteiger charge is 2.21. The normalized spacial score (nSPS) is 13.2. The van der Waals surface area contributed by atoms with E-state index in [9.17, 15) is 13.9 Å². The maximum Gasteiger partial charge on any atom is 0.136 e. The number of hydrogen-bond acceptors (Lipinski definition) is 3. The van der Waals surface area contributed by atoms with Gasteiger partial charge >= 0.3 is 0 Å². The molecule has 2 aromatic carbocycles. The van der Waals surface area contributed by atoms with Crippen molar-refractivity contribution in [3.63, 3.8) is 0 Å². The van der Waals surface area contributed by atoms with Gasteiger partial charge < -0.3 is 14.6 Å². The Morgan fingerprint density at radius 2 is 2.00 bits per heavy atom. The Kier molecular flexibility index (Phi) is 4.05. The highest BCUT2D eigenvalue weighted by Crippen LogP contribution is 2.30. The summed E-state index contributed by atoms with van der Waals surface area (Å²) in [5, 5.41) is 9.32. The third-order valence-electron chi connectivity index (χ3n) is 4.56. The van der Waals surface area contributed by atoms with Crippen molar-refractivity contribution >= 4 is 11.8 Å². The highest BCUT2D eigenvalue weighted by molar-refractivity contribution is 5.67. The fourth-order valence-corrected chi connectivity index (χ4v) is 3.16. The van der Waals surface area contributed by atoms with Gasteiger partial charge in [0.1, 0.15) is 24.1 Å². The van der Waals surface area contributed by atoms with Gasteiger partial charge in [-0.3, -0.25) is 0 Å². The first kappa shape index (κ1) is 16.5. The molecule has 1 aliphatic heterocycles. The summed E-state index contributed by atoms with van der Waals surface area (Å²) < 4.78 is 29.3. The molecule has 0 bridgehead atoms. The highest BCUT2D eigenvalue weighted by atomic mass is 19.1. The molecule has 0 fully saturated rings. The molecule has 1 aliphatic rings. The second-order valence-electron chi connectivity index (χ2n) is 6.21. The number of aromatic nitrogens is 2. The van der Waals surface area contributed by atoms with Crippen molar-refractivity contribution in [3.8, 4) is 11.3 Å². The van der Waals surface area contributed by atoms with Crippen molar-refractivity contribution in [2.75, 3.05) is 4.90 Å². The lowest BCUT2D eigenvalue weighted by Gasteiger charge is -2.26. The maximum atomic E-state index is 14.2. The minimum absolute atomic E-state index is 0.0191. The van der Waals surface area contributed by atoms with Crippen LogP contribution in [0.2, 0.25) is 0 Å². The summed E-state index contributed by atoms with van der Waals surface area (Å²) in [6.45, 7) is 2.37. The molecule has 6 heteroatoms. The second kappa shape index (κ2) is 6.38. The summed E-state index contributed by atoms with van der Waals surface area (Å²) in [6, 6.07) is 11.2. The molecule has 0 radical (unpaired) electrons. The molecule has 0 saturated heterocycles. The van der Waals surface area contributed by atoms with Gasteiger partial charge in [-0.1, -0.05) is 12.1 Å². The van der Waals surface area contributed by atoms with Crippen LogP contribution in [0.15, 0.2) is 48.7 Å². The summed E-state index contributed by atoms with van der Waals surface area (Å²) in [5.74, 6) is -0.515. The van der Waals surface area contributed by atoms with E-state index >= 15 is 0 Å². The molecule has 1 N–H and O–H groups in total. The Hall–Kier alpha value is -2.99. The van der Waals surface area contributed by atoms with Gasteiger partial charge in [0.25, 0.3) is 0 Å². The van der Waals surface area contributed by atoms with E-state index in [1.165, 1.54) is 12.1 Å². The van der Waals surface area contributed by atoms with Crippen LogP contribution >= 0.6 is 0 Å². The summed E-state index contributed by atoms with van der Waals surface area (Å²) in [6.07, 6.45) is 3.76. The van der Waals surface area contributed by atoms with Crippen LogP contribution in [0.1, 0.15) is 17.1 Å². The molecule has 132 valence electrons. The molecule has 0 spiro atoms. The number of aliphatic hydroxyl groups is 1. The first-order chi connectivity index (χ1) is 12.6. The molecular formula is C20H17F2N3O. The van der Waals surface area contributed by atoms with Crippen LogP contribution < -0.4 is 4.90 Å². The fraction of sp³-hybridized carbons (Fsp3) is 0.150. The van der Waals surface area contributed by atoms with Gasteiger partial charge in [-0.25, -0.2) is 13.8 Å². The van der Waals surface area contributed by atoms with Gasteiger partial charge in [-0.2, -0.15) is 0 Å². The molecule has 3 aromatic rings. The Labute approximate surface area is 149 Å². The molecule has 0 aliphatic carbocycles. The van der Waals surface area contributed by atoms with Crippen molar-refractivity contribution in [2.24, 2.45) is 0 Å². The first-order valence-corrected chi connectivity index (χ1v) is 8.24. The number of rotatable bonds is 3. The molecule has 2 heterocycles. The number of aliphatic hydroxyl groups excluding tert-OH is 1. The third-order valence-corrected chi connectivity index (χ3v) is 4.56. The van der Waals surface area contributed by atoms with Gasteiger partial charge in [0.05, 0.1) is 12.3 Å². The number of anilines is 1. The average Bonchev–Trinajstić information content (AvgIpc) is 2.98. The summed E-state index contributed by atoms with van der Waals surface area (Å²) >= 11 is 0. The Balaban J connectivity index is 1.71. The predicted molar refractivity (Wildman–Crippen MR) is 96.2 cm³/mol. The lowest BCUT2D eigenvalue weighted by Crippen LogP contribution is -2.25. The van der Waals surface area contributed by atoms with Crippen LogP contribution in [0.4, 0.5) is 14.5 Å². The molecule has 0 unspecified atom stereocenters. The van der Waals surface area contributed by atoms with Gasteiger partial charge in [-0.05, 0) is 42.8 Å². The third kappa shape index (κ3) is 2.78. The number of imidazole rings is 1. The van der Waals surface area contributed by atoms with Crippen LogP contribution in [-0.4, -0.2) is 14.7 Å². The van der Waals surface area contributed by atoms with Crippen LogP contribution in [0.25, 0.3) is 17.3 Å². The molecule has 0 amide bonds. The number of nitrogens with zero attached hydrogens (tertiary/aromatic N) is 3. The van der Waals surface area contributed by atoms with Crippen molar-refractivity contribution in [1.82, 2.24) is 9.55 Å². The molecule has 0 atom stereocenters. The van der Waals surface area contributed by atoms with Crippen LogP contribution in [-0.2, 0) is 13.3 Å². The lowest BCUT2D eigenvalue weighted by molar-refractivity contribution is 0.282. The van der Waals surface area contributed by atoms with E-state index in [1.807, 2.05) is 52.9 Å².